The van der Waals surface area contributed by atoms with E-state index in [9.17, 15) is 4.79 Å². The van der Waals surface area contributed by atoms with E-state index in [0.29, 0.717) is 22.3 Å². The number of nitrogens with zero attached hydrogens (tertiary/aromatic N) is 1. The molecule has 0 radical (unpaired) electrons. The van der Waals surface area contributed by atoms with Crippen molar-refractivity contribution in [3.05, 3.63) is 64.1 Å². The van der Waals surface area contributed by atoms with Gasteiger partial charge in [0.05, 0.1) is 10.7 Å². The van der Waals surface area contributed by atoms with Crippen LogP contribution in [0.15, 0.2) is 48.5 Å². The zero-order valence-electron chi connectivity index (χ0n) is 12.5. The highest BCUT2D eigenvalue weighted by atomic mass is 35.5. The van der Waals surface area contributed by atoms with E-state index in [4.69, 9.17) is 23.2 Å². The highest BCUT2D eigenvalue weighted by Gasteiger charge is 2.18. The standard InChI is InChI=1S/C17H18Cl2N2O/c1-12(2)21(11-13-6-4-3-5-7-13)17(22)20-16-9-8-14(18)10-15(16)19/h3-10,12H,11H2,1-2H3,(H,20,22). The first-order valence-electron chi connectivity index (χ1n) is 7.04. The van der Waals surface area contributed by atoms with E-state index < -0.39 is 0 Å². The summed E-state index contributed by atoms with van der Waals surface area (Å²) in [4.78, 5) is 14.3. The van der Waals surface area contributed by atoms with E-state index in [1.807, 2.05) is 44.2 Å². The number of hydrogen-bond donors (Lipinski definition) is 1. The Labute approximate surface area is 140 Å². The van der Waals surface area contributed by atoms with E-state index in [1.165, 1.54) is 0 Å². The van der Waals surface area contributed by atoms with Crippen LogP contribution in [0.25, 0.3) is 0 Å². The molecule has 0 aliphatic rings. The summed E-state index contributed by atoms with van der Waals surface area (Å²) in [5.41, 5.74) is 1.63. The summed E-state index contributed by atoms with van der Waals surface area (Å²) in [7, 11) is 0. The summed E-state index contributed by atoms with van der Waals surface area (Å²) in [5.74, 6) is 0. The van der Waals surface area contributed by atoms with Crippen LogP contribution in [-0.2, 0) is 6.54 Å². The number of amides is 2. The lowest BCUT2D eigenvalue weighted by atomic mass is 10.2. The minimum atomic E-state index is -0.192. The van der Waals surface area contributed by atoms with Gasteiger partial charge in [0, 0.05) is 17.6 Å². The molecule has 0 heterocycles. The maximum atomic E-state index is 12.5. The Kier molecular flexibility index (Phi) is 5.69. The molecular formula is C17H18Cl2N2O. The maximum Gasteiger partial charge on any atom is 0.322 e. The van der Waals surface area contributed by atoms with Crippen molar-refractivity contribution in [1.82, 2.24) is 4.90 Å². The molecule has 0 saturated carbocycles. The van der Waals surface area contributed by atoms with Crippen LogP contribution < -0.4 is 5.32 Å². The van der Waals surface area contributed by atoms with Crippen molar-refractivity contribution in [3.63, 3.8) is 0 Å². The Bertz CT molecular complexity index is 644. The third-order valence-electron chi connectivity index (χ3n) is 3.25. The number of hydrogen-bond acceptors (Lipinski definition) is 1. The summed E-state index contributed by atoms with van der Waals surface area (Å²) in [6, 6.07) is 14.7. The van der Waals surface area contributed by atoms with Crippen molar-refractivity contribution in [2.45, 2.75) is 26.4 Å². The van der Waals surface area contributed by atoms with Crippen LogP contribution in [0.3, 0.4) is 0 Å². The van der Waals surface area contributed by atoms with Crippen molar-refractivity contribution in [1.29, 1.82) is 0 Å². The van der Waals surface area contributed by atoms with Gasteiger partial charge in [-0.15, -0.1) is 0 Å². The Morgan fingerprint density at radius 2 is 1.82 bits per heavy atom. The Morgan fingerprint density at radius 3 is 2.41 bits per heavy atom. The molecule has 0 aliphatic carbocycles. The first-order chi connectivity index (χ1) is 10.5. The molecule has 0 unspecified atom stereocenters. The van der Waals surface area contributed by atoms with Gasteiger partial charge in [0.2, 0.25) is 0 Å². The molecule has 0 aromatic heterocycles. The first-order valence-corrected chi connectivity index (χ1v) is 7.79. The van der Waals surface area contributed by atoms with E-state index in [1.54, 1.807) is 23.1 Å². The molecule has 2 aromatic rings. The van der Waals surface area contributed by atoms with Crippen molar-refractivity contribution in [3.8, 4) is 0 Å². The normalized spacial score (nSPS) is 10.6. The van der Waals surface area contributed by atoms with Crippen LogP contribution in [0.1, 0.15) is 19.4 Å². The molecule has 2 amide bonds. The monoisotopic (exact) mass is 336 g/mol. The van der Waals surface area contributed by atoms with Crippen LogP contribution >= 0.6 is 23.2 Å². The fourth-order valence-electron chi connectivity index (χ4n) is 2.05. The zero-order chi connectivity index (χ0) is 16.1. The summed E-state index contributed by atoms with van der Waals surface area (Å²) in [6.45, 7) is 4.49. The van der Waals surface area contributed by atoms with Gasteiger partial charge in [-0.25, -0.2) is 4.79 Å². The quantitative estimate of drug-likeness (QED) is 0.792. The molecule has 0 spiro atoms. The van der Waals surface area contributed by atoms with Gasteiger partial charge >= 0.3 is 6.03 Å². The smallest absolute Gasteiger partial charge is 0.318 e. The van der Waals surface area contributed by atoms with Gasteiger partial charge in [-0.2, -0.15) is 0 Å². The minimum Gasteiger partial charge on any atom is -0.318 e. The summed E-state index contributed by atoms with van der Waals surface area (Å²) < 4.78 is 0. The third kappa shape index (κ3) is 4.39. The van der Waals surface area contributed by atoms with Crippen LogP contribution in [-0.4, -0.2) is 17.0 Å². The maximum absolute atomic E-state index is 12.5. The topological polar surface area (TPSA) is 32.3 Å². The van der Waals surface area contributed by atoms with Crippen molar-refractivity contribution in [2.24, 2.45) is 0 Å². The van der Waals surface area contributed by atoms with Gasteiger partial charge in [0.15, 0.2) is 0 Å². The molecule has 5 heteroatoms. The van der Waals surface area contributed by atoms with E-state index >= 15 is 0 Å². The van der Waals surface area contributed by atoms with Gasteiger partial charge in [0.25, 0.3) is 0 Å². The molecule has 0 bridgehead atoms. The summed E-state index contributed by atoms with van der Waals surface area (Å²) >= 11 is 12.0. The van der Waals surface area contributed by atoms with Crippen molar-refractivity contribution >= 4 is 34.9 Å². The molecule has 0 fully saturated rings. The number of carbonyl (C=O) groups is 1. The van der Waals surface area contributed by atoms with E-state index in [0.717, 1.165) is 5.56 Å². The second-order valence-corrected chi connectivity index (χ2v) is 6.11. The Morgan fingerprint density at radius 1 is 1.14 bits per heavy atom. The average Bonchev–Trinajstić information content (AvgIpc) is 2.48. The molecular weight excluding hydrogens is 319 g/mol. The largest absolute Gasteiger partial charge is 0.322 e. The van der Waals surface area contributed by atoms with Crippen molar-refractivity contribution in [2.75, 3.05) is 5.32 Å². The highest BCUT2D eigenvalue weighted by Crippen LogP contribution is 2.26. The van der Waals surface area contributed by atoms with Crippen LogP contribution in [0.4, 0.5) is 10.5 Å². The molecule has 22 heavy (non-hydrogen) atoms. The predicted molar refractivity (Wildman–Crippen MR) is 92.6 cm³/mol. The lowest BCUT2D eigenvalue weighted by molar-refractivity contribution is 0.193. The fraction of sp³-hybridized carbons (Fsp3) is 0.235. The van der Waals surface area contributed by atoms with E-state index in [-0.39, 0.29) is 12.1 Å². The van der Waals surface area contributed by atoms with Gasteiger partial charge in [-0.05, 0) is 37.6 Å². The number of urea groups is 1. The number of nitrogens with one attached hydrogen (secondary N) is 1. The molecule has 2 aromatic carbocycles. The van der Waals surface area contributed by atoms with Gasteiger partial charge in [-0.3, -0.25) is 0 Å². The number of anilines is 1. The van der Waals surface area contributed by atoms with Crippen LogP contribution in [0.5, 0.6) is 0 Å². The van der Waals surface area contributed by atoms with Gasteiger partial charge in [-0.1, -0.05) is 53.5 Å². The van der Waals surface area contributed by atoms with Crippen LogP contribution in [0, 0.1) is 0 Å². The first kappa shape index (κ1) is 16.7. The molecule has 1 N–H and O–H groups in total. The van der Waals surface area contributed by atoms with Crippen LogP contribution in [0.2, 0.25) is 10.0 Å². The lowest BCUT2D eigenvalue weighted by Gasteiger charge is -2.27. The highest BCUT2D eigenvalue weighted by molar-refractivity contribution is 6.36. The molecule has 0 saturated heterocycles. The van der Waals surface area contributed by atoms with E-state index in [2.05, 4.69) is 5.32 Å². The minimum absolute atomic E-state index is 0.0614. The molecule has 0 aliphatic heterocycles. The molecule has 3 nitrogen and oxygen atoms in total. The summed E-state index contributed by atoms with van der Waals surface area (Å²) in [6.07, 6.45) is 0. The number of rotatable bonds is 4. The Balaban J connectivity index is 2.13. The second-order valence-electron chi connectivity index (χ2n) is 5.26. The lowest BCUT2D eigenvalue weighted by Crippen LogP contribution is -2.39. The predicted octanol–water partition coefficient (Wildman–Crippen LogP) is 5.44. The number of halogens is 2. The SMILES string of the molecule is CC(C)N(Cc1ccccc1)C(=O)Nc1ccc(Cl)cc1Cl. The number of carbonyl (C=O) groups excluding carboxylic acids is 1. The zero-order valence-corrected chi connectivity index (χ0v) is 14.0. The third-order valence-corrected chi connectivity index (χ3v) is 3.80. The van der Waals surface area contributed by atoms with Crippen molar-refractivity contribution < 1.29 is 4.79 Å². The second kappa shape index (κ2) is 7.52. The molecule has 116 valence electrons. The molecule has 0 atom stereocenters. The average molecular weight is 337 g/mol. The fourth-order valence-corrected chi connectivity index (χ4v) is 2.50. The number of benzene rings is 2. The summed E-state index contributed by atoms with van der Waals surface area (Å²) in [5, 5.41) is 3.79. The molecule has 2 rings (SSSR count). The van der Waals surface area contributed by atoms with Gasteiger partial charge < -0.3 is 10.2 Å². The Hall–Kier alpha value is -1.71. The van der Waals surface area contributed by atoms with Gasteiger partial charge in [0.1, 0.15) is 0 Å².